The van der Waals surface area contributed by atoms with Gasteiger partial charge < -0.3 is 21.0 Å². The van der Waals surface area contributed by atoms with E-state index in [9.17, 15) is 9.59 Å². The fraction of sp³-hybridized carbons (Fsp3) is 0.182. The molecule has 2 aromatic carbocycles. The Morgan fingerprint density at radius 3 is 2.74 bits per heavy atom. The number of oxime groups is 1. The van der Waals surface area contributed by atoms with Crippen LogP contribution in [0.25, 0.3) is 5.69 Å². The van der Waals surface area contributed by atoms with Gasteiger partial charge in [0.2, 0.25) is 0 Å². The number of amides is 1. The summed E-state index contributed by atoms with van der Waals surface area (Å²) in [6.07, 6.45) is 4.85. The number of nitrogens with zero attached hydrogens (tertiary/aromatic N) is 3. The second-order valence-electron chi connectivity index (χ2n) is 6.73. The van der Waals surface area contributed by atoms with Gasteiger partial charge in [-0.1, -0.05) is 30.6 Å². The molecular weight excluding hydrogens is 398 g/mol. The van der Waals surface area contributed by atoms with Crippen LogP contribution in [0, 0.1) is 0 Å². The van der Waals surface area contributed by atoms with Crippen molar-refractivity contribution in [1.29, 1.82) is 0 Å². The van der Waals surface area contributed by atoms with Gasteiger partial charge in [-0.05, 0) is 42.8 Å². The molecule has 0 aliphatic rings. The first-order valence-electron chi connectivity index (χ1n) is 9.70. The lowest BCUT2D eigenvalue weighted by molar-refractivity contribution is -0.123. The van der Waals surface area contributed by atoms with E-state index in [0.717, 1.165) is 6.42 Å². The van der Waals surface area contributed by atoms with Gasteiger partial charge in [0, 0.05) is 29.3 Å². The molecule has 3 rings (SSSR count). The summed E-state index contributed by atoms with van der Waals surface area (Å²) < 4.78 is 7.33. The first-order valence-corrected chi connectivity index (χ1v) is 9.70. The largest absolute Gasteiger partial charge is 0.481 e. The number of aromatic nitrogens is 2. The number of anilines is 1. The van der Waals surface area contributed by atoms with Gasteiger partial charge in [-0.2, -0.15) is 0 Å². The Morgan fingerprint density at radius 1 is 1.29 bits per heavy atom. The second kappa shape index (κ2) is 10.1. The number of amidine groups is 1. The monoisotopic (exact) mass is 421 g/mol. The van der Waals surface area contributed by atoms with Crippen molar-refractivity contribution in [1.82, 2.24) is 9.55 Å². The lowest BCUT2D eigenvalue weighted by Crippen LogP contribution is -2.33. The number of carbonyl (C=O) groups excluding carboxylic acids is 1. The van der Waals surface area contributed by atoms with Crippen LogP contribution in [-0.2, 0) is 4.79 Å². The Morgan fingerprint density at radius 2 is 2.06 bits per heavy atom. The zero-order chi connectivity index (χ0) is 22.2. The van der Waals surface area contributed by atoms with Gasteiger partial charge in [0.15, 0.2) is 11.9 Å². The topological polar surface area (TPSA) is 132 Å². The van der Waals surface area contributed by atoms with Crippen LogP contribution in [0.1, 0.15) is 25.3 Å². The molecule has 0 saturated heterocycles. The Labute approximate surface area is 178 Å². The summed E-state index contributed by atoms with van der Waals surface area (Å²) in [7, 11) is 0. The molecule has 0 fully saturated rings. The number of nitrogens with two attached hydrogens (primary N) is 1. The van der Waals surface area contributed by atoms with E-state index >= 15 is 0 Å². The summed E-state index contributed by atoms with van der Waals surface area (Å²) in [6.45, 7) is 1.96. The molecule has 1 unspecified atom stereocenters. The highest BCUT2D eigenvalue weighted by molar-refractivity contribution is 5.97. The Bertz CT molecular complexity index is 1130. The SMILES string of the molecule is CCCC(Oc1cccc(C(N)=NO)c1)C(=O)Nc1ccc(-n2ccncc2=O)cc1. The van der Waals surface area contributed by atoms with Crippen molar-refractivity contribution in [3.63, 3.8) is 0 Å². The van der Waals surface area contributed by atoms with Crippen LogP contribution >= 0.6 is 0 Å². The zero-order valence-electron chi connectivity index (χ0n) is 16.9. The van der Waals surface area contributed by atoms with Crippen LogP contribution in [0.4, 0.5) is 5.69 Å². The minimum absolute atomic E-state index is 0.0460. The van der Waals surface area contributed by atoms with Gasteiger partial charge in [0.05, 0.1) is 6.20 Å². The van der Waals surface area contributed by atoms with E-state index < -0.39 is 6.10 Å². The normalized spacial score (nSPS) is 12.2. The van der Waals surface area contributed by atoms with E-state index in [1.54, 1.807) is 54.7 Å². The second-order valence-corrected chi connectivity index (χ2v) is 6.73. The van der Waals surface area contributed by atoms with E-state index in [4.69, 9.17) is 15.7 Å². The maximum atomic E-state index is 12.8. The lowest BCUT2D eigenvalue weighted by Gasteiger charge is -2.19. The van der Waals surface area contributed by atoms with E-state index in [0.29, 0.717) is 29.1 Å². The molecule has 9 nitrogen and oxygen atoms in total. The van der Waals surface area contributed by atoms with E-state index in [1.807, 2.05) is 6.92 Å². The fourth-order valence-corrected chi connectivity index (χ4v) is 2.95. The summed E-state index contributed by atoms with van der Waals surface area (Å²) in [4.78, 5) is 28.5. The maximum Gasteiger partial charge on any atom is 0.273 e. The van der Waals surface area contributed by atoms with Crippen LogP contribution in [-0.4, -0.2) is 32.6 Å². The molecular formula is C22H23N5O4. The predicted octanol–water partition coefficient (Wildman–Crippen LogP) is 2.51. The van der Waals surface area contributed by atoms with Gasteiger partial charge in [-0.15, -0.1) is 0 Å². The number of benzene rings is 2. The van der Waals surface area contributed by atoms with Crippen molar-refractivity contribution in [2.45, 2.75) is 25.9 Å². The number of rotatable bonds is 8. The number of carbonyl (C=O) groups is 1. The molecule has 0 radical (unpaired) electrons. The van der Waals surface area contributed by atoms with Gasteiger partial charge in [-0.25, -0.2) is 0 Å². The summed E-state index contributed by atoms with van der Waals surface area (Å²) in [6, 6.07) is 13.6. The van der Waals surface area contributed by atoms with Crippen molar-refractivity contribution in [2.24, 2.45) is 10.9 Å². The van der Waals surface area contributed by atoms with Crippen molar-refractivity contribution in [3.8, 4) is 11.4 Å². The maximum absolute atomic E-state index is 12.8. The van der Waals surface area contributed by atoms with Crippen LogP contribution in [0.15, 0.2) is 77.1 Å². The molecule has 1 amide bonds. The summed E-state index contributed by atoms with van der Waals surface area (Å²) >= 11 is 0. The highest BCUT2D eigenvalue weighted by Crippen LogP contribution is 2.19. The third-order valence-electron chi connectivity index (χ3n) is 4.50. The molecule has 1 heterocycles. The first kappa shape index (κ1) is 21.6. The van der Waals surface area contributed by atoms with E-state index in [-0.39, 0.29) is 17.3 Å². The van der Waals surface area contributed by atoms with E-state index in [2.05, 4.69) is 15.5 Å². The molecule has 3 aromatic rings. The van der Waals surface area contributed by atoms with Gasteiger partial charge in [0.1, 0.15) is 5.75 Å². The number of hydrogen-bond donors (Lipinski definition) is 3. The number of hydrogen-bond acceptors (Lipinski definition) is 6. The van der Waals surface area contributed by atoms with Crippen LogP contribution in [0.5, 0.6) is 5.75 Å². The van der Waals surface area contributed by atoms with Crippen molar-refractivity contribution < 1.29 is 14.7 Å². The zero-order valence-corrected chi connectivity index (χ0v) is 16.9. The molecule has 9 heteroatoms. The third kappa shape index (κ3) is 5.47. The Hall–Kier alpha value is -4.14. The first-order chi connectivity index (χ1) is 15.0. The molecule has 0 spiro atoms. The van der Waals surface area contributed by atoms with Gasteiger partial charge >= 0.3 is 0 Å². The molecule has 0 aliphatic heterocycles. The molecule has 160 valence electrons. The highest BCUT2D eigenvalue weighted by atomic mass is 16.5. The van der Waals surface area contributed by atoms with Crippen LogP contribution < -0.4 is 21.3 Å². The molecule has 4 N–H and O–H groups in total. The average molecular weight is 421 g/mol. The third-order valence-corrected chi connectivity index (χ3v) is 4.50. The quantitative estimate of drug-likeness (QED) is 0.222. The molecule has 1 atom stereocenters. The Balaban J connectivity index is 1.72. The minimum atomic E-state index is -0.727. The molecule has 1 aromatic heterocycles. The fourth-order valence-electron chi connectivity index (χ4n) is 2.95. The molecule has 0 bridgehead atoms. The van der Waals surface area contributed by atoms with Crippen molar-refractivity contribution >= 4 is 17.4 Å². The smallest absolute Gasteiger partial charge is 0.273 e. The van der Waals surface area contributed by atoms with Crippen molar-refractivity contribution in [2.75, 3.05) is 5.32 Å². The van der Waals surface area contributed by atoms with Crippen molar-refractivity contribution in [3.05, 3.63) is 83.0 Å². The number of nitrogens with one attached hydrogen (secondary N) is 1. The summed E-state index contributed by atoms with van der Waals surface area (Å²) in [5.41, 5.74) is 7.09. The minimum Gasteiger partial charge on any atom is -0.481 e. The summed E-state index contributed by atoms with van der Waals surface area (Å²) in [5.74, 6) is 0.0883. The Kier molecular flexibility index (Phi) is 7.00. The highest BCUT2D eigenvalue weighted by Gasteiger charge is 2.20. The average Bonchev–Trinajstić information content (AvgIpc) is 2.79. The molecule has 0 saturated carbocycles. The van der Waals surface area contributed by atoms with Gasteiger partial charge in [-0.3, -0.25) is 19.1 Å². The predicted molar refractivity (Wildman–Crippen MR) is 117 cm³/mol. The number of ether oxygens (including phenoxy) is 1. The van der Waals surface area contributed by atoms with Crippen LogP contribution in [0.2, 0.25) is 0 Å². The lowest BCUT2D eigenvalue weighted by atomic mass is 10.1. The summed E-state index contributed by atoms with van der Waals surface area (Å²) in [5, 5.41) is 14.7. The molecule has 0 aliphatic carbocycles. The molecule has 31 heavy (non-hydrogen) atoms. The van der Waals surface area contributed by atoms with Gasteiger partial charge in [0.25, 0.3) is 11.5 Å². The standard InChI is InChI=1S/C22H23N5O4/c1-2-4-19(31-18-6-3-5-15(13-18)21(23)26-30)22(29)25-16-7-9-17(10-8-16)27-12-11-24-14-20(27)28/h3,5-14,19,30H,2,4H2,1H3,(H2,23,26)(H,25,29). The van der Waals surface area contributed by atoms with E-state index in [1.165, 1.54) is 17.0 Å². The van der Waals surface area contributed by atoms with Crippen LogP contribution in [0.3, 0.4) is 0 Å².